The molecule has 0 aliphatic carbocycles. The molecule has 14 heavy (non-hydrogen) atoms. The minimum absolute atomic E-state index is 1.18. The van der Waals surface area contributed by atoms with Gasteiger partial charge in [-0.3, -0.25) is 0 Å². The summed E-state index contributed by atoms with van der Waals surface area (Å²) in [4.78, 5) is 0. The minimum atomic E-state index is 1.18. The monoisotopic (exact) mass is 194 g/mol. The third kappa shape index (κ3) is 3.32. The highest BCUT2D eigenvalue weighted by Crippen LogP contribution is 2.26. The summed E-state index contributed by atoms with van der Waals surface area (Å²) in [6.07, 6.45) is 4.73. The molecule has 82 valence electrons. The first kappa shape index (κ1) is 13.5. The predicted octanol–water partition coefficient (Wildman–Crippen LogP) is 5.26. The molecule has 0 aliphatic heterocycles. The molecular formula is C14H26. The van der Waals surface area contributed by atoms with Gasteiger partial charge in [-0.05, 0) is 50.7 Å². The van der Waals surface area contributed by atoms with Crippen molar-refractivity contribution in [3.8, 4) is 0 Å². The summed E-state index contributed by atoms with van der Waals surface area (Å²) in [7, 11) is 0. The molecule has 0 unspecified atom stereocenters. The van der Waals surface area contributed by atoms with Crippen molar-refractivity contribution in [1.82, 2.24) is 0 Å². The average molecular weight is 194 g/mol. The van der Waals surface area contributed by atoms with Gasteiger partial charge in [0.05, 0.1) is 0 Å². The van der Waals surface area contributed by atoms with Crippen molar-refractivity contribution >= 4 is 0 Å². The van der Waals surface area contributed by atoms with Gasteiger partial charge in [-0.25, -0.2) is 0 Å². The van der Waals surface area contributed by atoms with Gasteiger partial charge in [-0.1, -0.05) is 38.8 Å². The second-order valence-corrected chi connectivity index (χ2v) is 3.93. The fraction of sp³-hybridized carbons (Fsp3) is 0.714. The molecule has 0 bridgehead atoms. The van der Waals surface area contributed by atoms with Crippen LogP contribution in [0.1, 0.15) is 67.2 Å². The third-order valence-corrected chi connectivity index (χ3v) is 3.16. The van der Waals surface area contributed by atoms with Crippen molar-refractivity contribution in [3.63, 3.8) is 0 Å². The first-order valence-electron chi connectivity index (χ1n) is 5.99. The van der Waals surface area contributed by atoms with E-state index in [0.717, 1.165) is 0 Å². The van der Waals surface area contributed by atoms with Gasteiger partial charge in [0.15, 0.2) is 0 Å². The summed E-state index contributed by atoms with van der Waals surface area (Å²) in [5, 5.41) is 0. The van der Waals surface area contributed by atoms with E-state index in [2.05, 4.69) is 41.5 Å². The first-order valence-corrected chi connectivity index (χ1v) is 5.99. The van der Waals surface area contributed by atoms with Gasteiger partial charge < -0.3 is 0 Å². The molecular weight excluding hydrogens is 168 g/mol. The molecule has 0 aromatic carbocycles. The van der Waals surface area contributed by atoms with Crippen LogP contribution in [0, 0.1) is 0 Å². The Morgan fingerprint density at radius 2 is 0.857 bits per heavy atom. The molecule has 0 spiro atoms. The third-order valence-electron chi connectivity index (χ3n) is 3.16. The molecule has 0 aliphatic rings. The second kappa shape index (κ2) is 6.86. The molecule has 0 nitrogen and oxygen atoms in total. The predicted molar refractivity (Wildman–Crippen MR) is 66.6 cm³/mol. The number of hydrogen-bond acceptors (Lipinski definition) is 0. The van der Waals surface area contributed by atoms with Crippen LogP contribution in [0.2, 0.25) is 0 Å². The molecule has 0 aromatic heterocycles. The van der Waals surface area contributed by atoms with E-state index in [-0.39, 0.29) is 0 Å². The fourth-order valence-electron chi connectivity index (χ4n) is 1.97. The molecule has 0 heterocycles. The number of hydrogen-bond donors (Lipinski definition) is 0. The van der Waals surface area contributed by atoms with Crippen molar-refractivity contribution in [3.05, 3.63) is 22.3 Å². The van der Waals surface area contributed by atoms with Crippen LogP contribution in [0.15, 0.2) is 22.3 Å². The lowest BCUT2D eigenvalue weighted by Gasteiger charge is -2.15. The lowest BCUT2D eigenvalue weighted by molar-refractivity contribution is 0.919. The molecule has 0 aromatic rings. The molecule has 0 radical (unpaired) electrons. The van der Waals surface area contributed by atoms with Crippen LogP contribution in [-0.4, -0.2) is 0 Å². The van der Waals surface area contributed by atoms with Crippen LogP contribution in [-0.2, 0) is 0 Å². The second-order valence-electron chi connectivity index (χ2n) is 3.93. The van der Waals surface area contributed by atoms with Crippen molar-refractivity contribution in [2.45, 2.75) is 67.2 Å². The Balaban J connectivity index is 5.19. The van der Waals surface area contributed by atoms with E-state index < -0.39 is 0 Å². The summed E-state index contributed by atoms with van der Waals surface area (Å²) < 4.78 is 0. The van der Waals surface area contributed by atoms with Crippen LogP contribution < -0.4 is 0 Å². The summed E-state index contributed by atoms with van der Waals surface area (Å²) in [6.45, 7) is 13.6. The maximum Gasteiger partial charge on any atom is -0.0305 e. The van der Waals surface area contributed by atoms with Gasteiger partial charge in [-0.15, -0.1) is 0 Å². The zero-order valence-electron chi connectivity index (χ0n) is 10.8. The van der Waals surface area contributed by atoms with Crippen LogP contribution in [0.3, 0.4) is 0 Å². The van der Waals surface area contributed by atoms with E-state index >= 15 is 0 Å². The number of allylic oxidation sites excluding steroid dienone is 4. The fourth-order valence-corrected chi connectivity index (χ4v) is 1.97. The Hall–Kier alpha value is -0.520. The minimum Gasteiger partial charge on any atom is -0.0701 e. The van der Waals surface area contributed by atoms with Gasteiger partial charge in [0.2, 0.25) is 0 Å². The summed E-state index contributed by atoms with van der Waals surface area (Å²) in [5.41, 5.74) is 6.35. The highest BCUT2D eigenvalue weighted by atomic mass is 14.1. The molecule has 0 heteroatoms. The maximum atomic E-state index is 2.28. The Labute approximate surface area is 90.1 Å². The maximum absolute atomic E-state index is 2.28. The molecule has 0 amide bonds. The lowest BCUT2D eigenvalue weighted by Crippen LogP contribution is -1.95. The lowest BCUT2D eigenvalue weighted by atomic mass is 9.91. The molecule has 0 saturated carbocycles. The van der Waals surface area contributed by atoms with E-state index in [1.165, 1.54) is 25.7 Å². The summed E-state index contributed by atoms with van der Waals surface area (Å²) >= 11 is 0. The van der Waals surface area contributed by atoms with Gasteiger partial charge in [0.1, 0.15) is 0 Å². The SMILES string of the molecule is CCC(C)=C(CC)C(CC)=C(C)CC. The van der Waals surface area contributed by atoms with E-state index in [9.17, 15) is 0 Å². The van der Waals surface area contributed by atoms with Gasteiger partial charge in [-0.2, -0.15) is 0 Å². The highest BCUT2D eigenvalue weighted by molar-refractivity contribution is 5.37. The quantitative estimate of drug-likeness (QED) is 0.524. The van der Waals surface area contributed by atoms with E-state index in [1.807, 2.05) is 0 Å². The van der Waals surface area contributed by atoms with Crippen LogP contribution in [0.25, 0.3) is 0 Å². The Kier molecular flexibility index (Phi) is 6.61. The Morgan fingerprint density at radius 1 is 0.571 bits per heavy atom. The first-order chi connectivity index (χ1) is 6.62. The van der Waals surface area contributed by atoms with Gasteiger partial charge in [0.25, 0.3) is 0 Å². The van der Waals surface area contributed by atoms with E-state index in [0.29, 0.717) is 0 Å². The van der Waals surface area contributed by atoms with Crippen LogP contribution in [0.5, 0.6) is 0 Å². The smallest absolute Gasteiger partial charge is 0.0305 e. The summed E-state index contributed by atoms with van der Waals surface area (Å²) in [6, 6.07) is 0. The standard InChI is InChI=1S/C14H26/c1-7-11(5)13(9-3)14(10-4)12(6)8-2/h7-10H2,1-6H3. The van der Waals surface area contributed by atoms with E-state index in [1.54, 1.807) is 22.3 Å². The molecule has 0 fully saturated rings. The molecule has 0 atom stereocenters. The topological polar surface area (TPSA) is 0 Å². The Morgan fingerprint density at radius 3 is 1.00 bits per heavy atom. The van der Waals surface area contributed by atoms with Crippen molar-refractivity contribution in [2.24, 2.45) is 0 Å². The highest BCUT2D eigenvalue weighted by Gasteiger charge is 2.06. The molecule has 0 saturated heterocycles. The van der Waals surface area contributed by atoms with Crippen LogP contribution in [0.4, 0.5) is 0 Å². The van der Waals surface area contributed by atoms with Gasteiger partial charge in [0, 0.05) is 0 Å². The molecule has 0 N–H and O–H groups in total. The van der Waals surface area contributed by atoms with Gasteiger partial charge >= 0.3 is 0 Å². The van der Waals surface area contributed by atoms with Crippen molar-refractivity contribution in [2.75, 3.05) is 0 Å². The summed E-state index contributed by atoms with van der Waals surface area (Å²) in [5.74, 6) is 0. The number of rotatable bonds is 5. The van der Waals surface area contributed by atoms with E-state index in [4.69, 9.17) is 0 Å². The molecule has 0 rings (SSSR count). The largest absolute Gasteiger partial charge is 0.0701 e. The zero-order valence-corrected chi connectivity index (χ0v) is 10.8. The average Bonchev–Trinajstić information content (AvgIpc) is 2.23. The van der Waals surface area contributed by atoms with Crippen LogP contribution >= 0.6 is 0 Å². The zero-order chi connectivity index (χ0) is 11.1. The van der Waals surface area contributed by atoms with Crippen molar-refractivity contribution < 1.29 is 0 Å². The van der Waals surface area contributed by atoms with Crippen molar-refractivity contribution in [1.29, 1.82) is 0 Å². The normalized spacial score (nSPS) is 15.0. The Bertz CT molecular complexity index is 202.